The van der Waals surface area contributed by atoms with Gasteiger partial charge in [-0.05, 0) is 69.7 Å². The Balaban J connectivity index is 1.55. The number of anilines is 1. The lowest BCUT2D eigenvalue weighted by molar-refractivity contribution is -0.117. The summed E-state index contributed by atoms with van der Waals surface area (Å²) in [6, 6.07) is 7.02. The van der Waals surface area contributed by atoms with E-state index in [1.54, 1.807) is 19.1 Å². The fourth-order valence-corrected chi connectivity index (χ4v) is 4.31. The first-order chi connectivity index (χ1) is 13.1. The minimum absolute atomic E-state index is 0.0227. The van der Waals surface area contributed by atoms with Gasteiger partial charge < -0.3 is 14.6 Å². The molecule has 1 saturated heterocycles. The van der Waals surface area contributed by atoms with Crippen molar-refractivity contribution in [3.63, 3.8) is 0 Å². The van der Waals surface area contributed by atoms with Gasteiger partial charge in [0.1, 0.15) is 12.4 Å². The van der Waals surface area contributed by atoms with Crippen LogP contribution >= 0.6 is 0 Å². The number of carbonyl (C=O) groups is 1. The van der Waals surface area contributed by atoms with E-state index in [9.17, 15) is 9.18 Å². The SMILES string of the molecule is CCON=C1CCC(N2CCC(N(C(C)=O)c3ccc(F)cc3)CC2)CC1. The Morgan fingerprint density at radius 2 is 1.81 bits per heavy atom. The molecule has 1 aromatic rings. The van der Waals surface area contributed by atoms with Crippen LogP contribution in [0.4, 0.5) is 10.1 Å². The first-order valence-electron chi connectivity index (χ1n) is 10.1. The molecular formula is C21H30FN3O2. The summed E-state index contributed by atoms with van der Waals surface area (Å²) in [5.41, 5.74) is 1.97. The molecule has 0 N–H and O–H groups in total. The third kappa shape index (κ3) is 5.06. The molecule has 0 radical (unpaired) electrons. The van der Waals surface area contributed by atoms with Gasteiger partial charge in [0.05, 0.1) is 5.71 Å². The van der Waals surface area contributed by atoms with Crippen molar-refractivity contribution in [1.82, 2.24) is 4.90 Å². The van der Waals surface area contributed by atoms with Crippen LogP contribution in [0.5, 0.6) is 0 Å². The standard InChI is InChI=1S/C21H30FN3O2/c1-3-27-23-18-6-10-19(11-7-18)24-14-12-21(13-15-24)25(16(2)26)20-8-4-17(22)5-9-20/h4-5,8-9,19,21H,3,6-7,10-15H2,1-2H3. The van der Waals surface area contributed by atoms with E-state index >= 15 is 0 Å². The third-order valence-corrected chi connectivity index (χ3v) is 5.68. The van der Waals surface area contributed by atoms with Gasteiger partial charge in [-0.1, -0.05) is 5.16 Å². The second kappa shape index (κ2) is 9.31. The Hall–Kier alpha value is -1.95. The van der Waals surface area contributed by atoms with Crippen molar-refractivity contribution >= 4 is 17.3 Å². The predicted octanol–water partition coefficient (Wildman–Crippen LogP) is 3.98. The molecule has 2 aliphatic rings. The lowest BCUT2D eigenvalue weighted by Crippen LogP contribution is -2.50. The highest BCUT2D eigenvalue weighted by Gasteiger charge is 2.31. The average molecular weight is 375 g/mol. The minimum Gasteiger partial charge on any atom is -0.396 e. The van der Waals surface area contributed by atoms with Crippen LogP contribution in [0.25, 0.3) is 0 Å². The van der Waals surface area contributed by atoms with Crippen LogP contribution < -0.4 is 4.90 Å². The fourth-order valence-electron chi connectivity index (χ4n) is 4.31. The zero-order chi connectivity index (χ0) is 19.2. The van der Waals surface area contributed by atoms with Gasteiger partial charge in [0.15, 0.2) is 0 Å². The number of halogens is 1. The predicted molar refractivity (Wildman–Crippen MR) is 105 cm³/mol. The maximum Gasteiger partial charge on any atom is 0.224 e. The number of amides is 1. The van der Waals surface area contributed by atoms with Crippen molar-refractivity contribution in [3.05, 3.63) is 30.1 Å². The van der Waals surface area contributed by atoms with Crippen molar-refractivity contribution in [2.45, 2.75) is 64.5 Å². The number of hydrogen-bond donors (Lipinski definition) is 0. The summed E-state index contributed by atoms with van der Waals surface area (Å²) < 4.78 is 13.2. The summed E-state index contributed by atoms with van der Waals surface area (Å²) in [6.07, 6.45) is 6.19. The van der Waals surface area contributed by atoms with E-state index in [0.29, 0.717) is 12.6 Å². The summed E-state index contributed by atoms with van der Waals surface area (Å²) in [4.78, 5) is 21.8. The second-order valence-corrected chi connectivity index (χ2v) is 7.44. The third-order valence-electron chi connectivity index (χ3n) is 5.68. The molecule has 0 spiro atoms. The molecule has 1 amide bonds. The van der Waals surface area contributed by atoms with E-state index < -0.39 is 0 Å². The minimum atomic E-state index is -0.276. The number of hydrogen-bond acceptors (Lipinski definition) is 4. The Labute approximate surface area is 161 Å². The first kappa shape index (κ1) is 19.8. The van der Waals surface area contributed by atoms with Gasteiger partial charge in [0, 0.05) is 37.8 Å². The van der Waals surface area contributed by atoms with Crippen LogP contribution in [0.2, 0.25) is 0 Å². The normalized spacial score (nSPS) is 21.7. The van der Waals surface area contributed by atoms with E-state index in [-0.39, 0.29) is 17.8 Å². The number of oxime groups is 1. The van der Waals surface area contributed by atoms with Crippen molar-refractivity contribution in [2.75, 3.05) is 24.6 Å². The quantitative estimate of drug-likeness (QED) is 0.732. The molecule has 1 heterocycles. The van der Waals surface area contributed by atoms with Gasteiger partial charge in [-0.2, -0.15) is 0 Å². The molecule has 1 aliphatic heterocycles. The van der Waals surface area contributed by atoms with Crippen LogP contribution in [0, 0.1) is 5.82 Å². The number of rotatable bonds is 5. The van der Waals surface area contributed by atoms with Crippen LogP contribution in [0.15, 0.2) is 29.4 Å². The number of piperidine rings is 1. The molecule has 27 heavy (non-hydrogen) atoms. The molecule has 1 aliphatic carbocycles. The van der Waals surface area contributed by atoms with E-state index in [0.717, 1.165) is 57.3 Å². The summed E-state index contributed by atoms with van der Waals surface area (Å²) in [6.45, 7) is 6.17. The van der Waals surface area contributed by atoms with Crippen molar-refractivity contribution < 1.29 is 14.0 Å². The Kier molecular flexibility index (Phi) is 6.83. The van der Waals surface area contributed by atoms with Gasteiger partial charge >= 0.3 is 0 Å². The topological polar surface area (TPSA) is 45.1 Å². The molecule has 2 fully saturated rings. The molecule has 0 atom stereocenters. The van der Waals surface area contributed by atoms with Crippen LogP contribution in [-0.2, 0) is 9.63 Å². The highest BCUT2D eigenvalue weighted by atomic mass is 19.1. The second-order valence-electron chi connectivity index (χ2n) is 7.44. The first-order valence-corrected chi connectivity index (χ1v) is 10.1. The molecule has 0 unspecified atom stereocenters. The van der Waals surface area contributed by atoms with E-state index in [1.165, 1.54) is 17.8 Å². The van der Waals surface area contributed by atoms with Gasteiger partial charge in [-0.15, -0.1) is 0 Å². The number of carbonyl (C=O) groups excluding carboxylic acids is 1. The summed E-state index contributed by atoms with van der Waals surface area (Å²) in [5, 5.41) is 4.20. The van der Waals surface area contributed by atoms with Gasteiger partial charge in [-0.25, -0.2) is 4.39 Å². The molecule has 0 aromatic heterocycles. The molecule has 148 valence electrons. The monoisotopic (exact) mass is 375 g/mol. The van der Waals surface area contributed by atoms with Gasteiger partial charge in [0.2, 0.25) is 5.91 Å². The fraction of sp³-hybridized carbons (Fsp3) is 0.619. The Morgan fingerprint density at radius 3 is 2.37 bits per heavy atom. The number of benzene rings is 1. The largest absolute Gasteiger partial charge is 0.396 e. The lowest BCUT2D eigenvalue weighted by atomic mass is 9.90. The average Bonchev–Trinajstić information content (AvgIpc) is 2.69. The number of nitrogens with zero attached hydrogens (tertiary/aromatic N) is 3. The molecule has 0 bridgehead atoms. The highest BCUT2D eigenvalue weighted by molar-refractivity contribution is 5.92. The zero-order valence-electron chi connectivity index (χ0n) is 16.4. The molecule has 6 heteroatoms. The van der Waals surface area contributed by atoms with E-state index in [4.69, 9.17) is 4.84 Å². The molecule has 5 nitrogen and oxygen atoms in total. The van der Waals surface area contributed by atoms with E-state index in [2.05, 4.69) is 10.1 Å². The molecule has 1 aromatic carbocycles. The van der Waals surface area contributed by atoms with Gasteiger partial charge in [0.25, 0.3) is 0 Å². The zero-order valence-corrected chi connectivity index (χ0v) is 16.4. The highest BCUT2D eigenvalue weighted by Crippen LogP contribution is 2.28. The Bertz CT molecular complexity index is 644. The molecule has 1 saturated carbocycles. The summed E-state index contributed by atoms with van der Waals surface area (Å²) in [5.74, 6) is -0.254. The number of likely N-dealkylation sites (tertiary alicyclic amines) is 1. The van der Waals surface area contributed by atoms with Crippen molar-refractivity contribution in [1.29, 1.82) is 0 Å². The van der Waals surface area contributed by atoms with Crippen molar-refractivity contribution in [2.24, 2.45) is 5.16 Å². The van der Waals surface area contributed by atoms with Crippen LogP contribution in [-0.4, -0.2) is 48.3 Å². The van der Waals surface area contributed by atoms with Crippen LogP contribution in [0.3, 0.4) is 0 Å². The van der Waals surface area contributed by atoms with E-state index in [1.807, 2.05) is 11.8 Å². The summed E-state index contributed by atoms with van der Waals surface area (Å²) >= 11 is 0. The summed E-state index contributed by atoms with van der Waals surface area (Å²) in [7, 11) is 0. The Morgan fingerprint density at radius 1 is 1.19 bits per heavy atom. The lowest BCUT2D eigenvalue weighted by Gasteiger charge is -2.42. The molecule has 3 rings (SSSR count). The smallest absolute Gasteiger partial charge is 0.224 e. The van der Waals surface area contributed by atoms with Gasteiger partial charge in [-0.3, -0.25) is 4.79 Å². The van der Waals surface area contributed by atoms with Crippen molar-refractivity contribution in [3.8, 4) is 0 Å². The van der Waals surface area contributed by atoms with Crippen LogP contribution in [0.1, 0.15) is 52.4 Å². The maximum atomic E-state index is 13.2. The molecular weight excluding hydrogens is 345 g/mol. The maximum absolute atomic E-state index is 13.2.